The van der Waals surface area contributed by atoms with E-state index in [4.69, 9.17) is 5.73 Å². The van der Waals surface area contributed by atoms with E-state index in [9.17, 15) is 0 Å². The molecule has 2 nitrogen and oxygen atoms in total. The molecular formula is C13H20N2. The fourth-order valence-corrected chi connectivity index (χ4v) is 2.39. The Morgan fingerprint density at radius 3 is 2.87 bits per heavy atom. The van der Waals surface area contributed by atoms with Crippen LogP contribution in [0.25, 0.3) is 0 Å². The van der Waals surface area contributed by atoms with Gasteiger partial charge in [-0.15, -0.1) is 0 Å². The first-order chi connectivity index (χ1) is 7.22. The van der Waals surface area contributed by atoms with E-state index in [2.05, 4.69) is 30.9 Å². The number of benzene rings is 1. The summed E-state index contributed by atoms with van der Waals surface area (Å²) in [6, 6.07) is 6.93. The van der Waals surface area contributed by atoms with Gasteiger partial charge in [0.1, 0.15) is 0 Å². The molecule has 15 heavy (non-hydrogen) atoms. The Labute approximate surface area is 92.1 Å². The third-order valence-electron chi connectivity index (χ3n) is 3.37. The quantitative estimate of drug-likeness (QED) is 0.767. The van der Waals surface area contributed by atoms with Crippen molar-refractivity contribution in [3.8, 4) is 0 Å². The van der Waals surface area contributed by atoms with Crippen molar-refractivity contribution in [2.75, 3.05) is 5.73 Å². The molecule has 2 heteroatoms. The van der Waals surface area contributed by atoms with Gasteiger partial charge in [-0.3, -0.25) is 4.90 Å². The number of rotatable bonds is 3. The lowest BCUT2D eigenvalue weighted by Crippen LogP contribution is -2.27. The molecule has 1 aliphatic heterocycles. The highest BCUT2D eigenvalue weighted by Gasteiger charge is 2.23. The van der Waals surface area contributed by atoms with Crippen LogP contribution in [-0.4, -0.2) is 10.9 Å². The Morgan fingerprint density at radius 1 is 1.40 bits per heavy atom. The van der Waals surface area contributed by atoms with E-state index in [1.807, 2.05) is 6.07 Å². The third-order valence-corrected chi connectivity index (χ3v) is 3.37. The molecule has 1 heterocycles. The minimum atomic E-state index is 0.668. The second kappa shape index (κ2) is 4.23. The highest BCUT2D eigenvalue weighted by molar-refractivity contribution is 5.52. The van der Waals surface area contributed by atoms with E-state index < -0.39 is 0 Å². The zero-order valence-corrected chi connectivity index (χ0v) is 9.66. The van der Waals surface area contributed by atoms with Gasteiger partial charge in [-0.1, -0.05) is 25.5 Å². The van der Waals surface area contributed by atoms with Gasteiger partial charge in [0.05, 0.1) is 0 Å². The molecule has 0 saturated heterocycles. The minimum absolute atomic E-state index is 0.668. The van der Waals surface area contributed by atoms with Crippen molar-refractivity contribution in [2.45, 2.75) is 45.8 Å². The summed E-state index contributed by atoms with van der Waals surface area (Å²) in [5, 5.41) is 0. The summed E-state index contributed by atoms with van der Waals surface area (Å²) < 4.78 is 0. The zero-order valence-electron chi connectivity index (χ0n) is 9.66. The number of hydrogen-bond acceptors (Lipinski definition) is 2. The first kappa shape index (κ1) is 10.5. The minimum Gasteiger partial charge on any atom is -0.398 e. The Balaban J connectivity index is 2.12. The number of nitrogens with two attached hydrogens (primary N) is 1. The zero-order chi connectivity index (χ0) is 10.8. The van der Waals surface area contributed by atoms with Gasteiger partial charge in [-0.05, 0) is 30.5 Å². The maximum atomic E-state index is 5.98. The molecule has 1 aromatic rings. The Kier molecular flexibility index (Phi) is 2.96. The lowest BCUT2D eigenvalue weighted by Gasteiger charge is -2.23. The predicted molar refractivity (Wildman–Crippen MR) is 64.5 cm³/mol. The summed E-state index contributed by atoms with van der Waals surface area (Å²) in [7, 11) is 0. The van der Waals surface area contributed by atoms with Crippen LogP contribution in [0.3, 0.4) is 0 Å². The Morgan fingerprint density at radius 2 is 2.20 bits per heavy atom. The fraction of sp³-hybridized carbons (Fsp3) is 0.538. The van der Waals surface area contributed by atoms with Crippen LogP contribution in [0.1, 0.15) is 37.8 Å². The second-order valence-corrected chi connectivity index (χ2v) is 4.53. The van der Waals surface area contributed by atoms with Gasteiger partial charge in [0.15, 0.2) is 0 Å². The van der Waals surface area contributed by atoms with Crippen molar-refractivity contribution in [1.82, 2.24) is 4.90 Å². The molecule has 0 amide bonds. The van der Waals surface area contributed by atoms with Crippen LogP contribution in [0, 0.1) is 0 Å². The summed E-state index contributed by atoms with van der Waals surface area (Å²) in [5.74, 6) is 0. The lowest BCUT2D eigenvalue weighted by atomic mass is 10.1. The highest BCUT2D eigenvalue weighted by atomic mass is 15.2. The van der Waals surface area contributed by atoms with E-state index in [-0.39, 0.29) is 0 Å². The molecule has 0 saturated carbocycles. The van der Waals surface area contributed by atoms with Crippen LogP contribution in [-0.2, 0) is 13.1 Å². The van der Waals surface area contributed by atoms with Crippen LogP contribution in [0.15, 0.2) is 18.2 Å². The van der Waals surface area contributed by atoms with E-state index in [1.54, 1.807) is 0 Å². The Bertz CT molecular complexity index is 346. The molecule has 0 radical (unpaired) electrons. The van der Waals surface area contributed by atoms with Gasteiger partial charge < -0.3 is 5.73 Å². The second-order valence-electron chi connectivity index (χ2n) is 4.53. The largest absolute Gasteiger partial charge is 0.398 e. The fourth-order valence-electron chi connectivity index (χ4n) is 2.39. The summed E-state index contributed by atoms with van der Waals surface area (Å²) in [6.07, 6.45) is 2.53. The topological polar surface area (TPSA) is 29.3 Å². The smallest absolute Gasteiger partial charge is 0.0363 e. The van der Waals surface area contributed by atoms with Crippen molar-refractivity contribution in [1.29, 1.82) is 0 Å². The molecule has 2 N–H and O–H groups in total. The number of nitrogen functional groups attached to an aromatic ring is 1. The molecule has 0 unspecified atom stereocenters. The first-order valence-electron chi connectivity index (χ1n) is 5.82. The molecule has 1 aromatic carbocycles. The van der Waals surface area contributed by atoms with Crippen LogP contribution in [0.2, 0.25) is 0 Å². The SMILES string of the molecule is CCC[C@H](C)N1Cc2cccc(N)c2C1. The summed E-state index contributed by atoms with van der Waals surface area (Å²) >= 11 is 0. The average Bonchev–Trinajstić information content (AvgIpc) is 2.63. The number of anilines is 1. The first-order valence-corrected chi connectivity index (χ1v) is 5.82. The van der Waals surface area contributed by atoms with Gasteiger partial charge in [0.25, 0.3) is 0 Å². The molecule has 2 rings (SSSR count). The van der Waals surface area contributed by atoms with Crippen molar-refractivity contribution in [3.05, 3.63) is 29.3 Å². The van der Waals surface area contributed by atoms with Gasteiger partial charge >= 0.3 is 0 Å². The van der Waals surface area contributed by atoms with Gasteiger partial charge in [0, 0.05) is 24.8 Å². The van der Waals surface area contributed by atoms with E-state index in [0.29, 0.717) is 6.04 Å². The molecular weight excluding hydrogens is 184 g/mol. The predicted octanol–water partition coefficient (Wildman–Crippen LogP) is 2.77. The van der Waals surface area contributed by atoms with Crippen molar-refractivity contribution in [2.24, 2.45) is 0 Å². The van der Waals surface area contributed by atoms with E-state index in [0.717, 1.165) is 18.8 Å². The van der Waals surface area contributed by atoms with Crippen molar-refractivity contribution < 1.29 is 0 Å². The van der Waals surface area contributed by atoms with Crippen LogP contribution in [0.5, 0.6) is 0 Å². The van der Waals surface area contributed by atoms with Crippen molar-refractivity contribution >= 4 is 5.69 Å². The average molecular weight is 204 g/mol. The van der Waals surface area contributed by atoms with Crippen LogP contribution in [0.4, 0.5) is 5.69 Å². The molecule has 0 spiro atoms. The Hall–Kier alpha value is -1.02. The molecule has 0 aromatic heterocycles. The molecule has 0 fully saturated rings. The molecule has 1 aliphatic rings. The summed E-state index contributed by atoms with van der Waals surface area (Å²) in [5.41, 5.74) is 9.70. The highest BCUT2D eigenvalue weighted by Crippen LogP contribution is 2.29. The van der Waals surface area contributed by atoms with Gasteiger partial charge in [-0.2, -0.15) is 0 Å². The summed E-state index contributed by atoms with van der Waals surface area (Å²) in [4.78, 5) is 2.52. The van der Waals surface area contributed by atoms with Crippen LogP contribution < -0.4 is 5.73 Å². The molecule has 0 bridgehead atoms. The maximum Gasteiger partial charge on any atom is 0.0363 e. The van der Waals surface area contributed by atoms with E-state index in [1.165, 1.54) is 24.0 Å². The number of fused-ring (bicyclic) bond motifs is 1. The monoisotopic (exact) mass is 204 g/mol. The normalized spacial score (nSPS) is 17.7. The van der Waals surface area contributed by atoms with Crippen molar-refractivity contribution in [3.63, 3.8) is 0 Å². The number of nitrogens with zero attached hydrogens (tertiary/aromatic N) is 1. The third kappa shape index (κ3) is 2.00. The van der Waals surface area contributed by atoms with Gasteiger partial charge in [-0.25, -0.2) is 0 Å². The molecule has 0 aliphatic carbocycles. The number of hydrogen-bond donors (Lipinski definition) is 1. The molecule has 82 valence electrons. The maximum absolute atomic E-state index is 5.98. The summed E-state index contributed by atoms with van der Waals surface area (Å²) in [6.45, 7) is 6.66. The van der Waals surface area contributed by atoms with Crippen LogP contribution >= 0.6 is 0 Å². The molecule has 1 atom stereocenters. The van der Waals surface area contributed by atoms with E-state index >= 15 is 0 Å². The lowest BCUT2D eigenvalue weighted by molar-refractivity contribution is 0.202. The van der Waals surface area contributed by atoms with Gasteiger partial charge in [0.2, 0.25) is 0 Å². The standard InChI is InChI=1S/C13H20N2/c1-3-5-10(2)15-8-11-6-4-7-13(14)12(11)9-15/h4,6-7,10H,3,5,8-9,14H2,1-2H3/t10-/m0/s1.